The van der Waals surface area contributed by atoms with E-state index >= 15 is 0 Å². The van der Waals surface area contributed by atoms with Crippen LogP contribution in [0.2, 0.25) is 0 Å². The molecule has 0 saturated carbocycles. The Morgan fingerprint density at radius 1 is 1.29 bits per heavy atom. The molecule has 1 amide bonds. The first-order valence-corrected chi connectivity index (χ1v) is 6.97. The quantitative estimate of drug-likeness (QED) is 0.800. The molecule has 1 aromatic heterocycles. The maximum Gasteiger partial charge on any atom is 0.317 e. The Morgan fingerprint density at radius 3 is 2.71 bits per heavy atom. The van der Waals surface area contributed by atoms with Gasteiger partial charge in [-0.15, -0.1) is 0 Å². The van der Waals surface area contributed by atoms with Gasteiger partial charge in [-0.1, -0.05) is 26.0 Å². The maximum atomic E-state index is 11.9. The Morgan fingerprint density at radius 2 is 2.00 bits per heavy atom. The van der Waals surface area contributed by atoms with Gasteiger partial charge < -0.3 is 10.3 Å². The van der Waals surface area contributed by atoms with Gasteiger partial charge in [-0.25, -0.2) is 0 Å². The summed E-state index contributed by atoms with van der Waals surface area (Å²) in [6.07, 6.45) is 0.872. The molecule has 2 rings (SSSR count). The summed E-state index contributed by atoms with van der Waals surface area (Å²) in [4.78, 5) is 38.0. The zero-order valence-corrected chi connectivity index (χ0v) is 12.2. The van der Waals surface area contributed by atoms with Crippen molar-refractivity contribution in [3.05, 3.63) is 45.0 Å². The molecule has 0 aliphatic heterocycles. The zero-order chi connectivity index (χ0) is 15.4. The van der Waals surface area contributed by atoms with Crippen LogP contribution in [0.1, 0.15) is 20.3 Å². The van der Waals surface area contributed by atoms with Gasteiger partial charge in [0.25, 0.3) is 0 Å². The van der Waals surface area contributed by atoms with Crippen LogP contribution in [0.4, 0.5) is 0 Å². The molecule has 21 heavy (non-hydrogen) atoms. The second kappa shape index (κ2) is 6.39. The third-order valence-electron chi connectivity index (χ3n) is 3.23. The topological polar surface area (TPSA) is 84.0 Å². The number of aromatic amines is 1. The number of carbonyl (C=O) groups excluding carboxylic acids is 1. The first-order chi connectivity index (χ1) is 9.99. The van der Waals surface area contributed by atoms with Crippen molar-refractivity contribution in [1.29, 1.82) is 0 Å². The molecule has 0 unspecified atom stereocenters. The predicted molar refractivity (Wildman–Crippen MR) is 81.3 cm³/mol. The van der Waals surface area contributed by atoms with Crippen molar-refractivity contribution in [2.75, 3.05) is 6.54 Å². The molecule has 6 nitrogen and oxygen atoms in total. The molecule has 112 valence electrons. The highest BCUT2D eigenvalue weighted by Gasteiger charge is 2.10. The number of benzene rings is 1. The van der Waals surface area contributed by atoms with Crippen molar-refractivity contribution in [1.82, 2.24) is 14.9 Å². The summed E-state index contributed by atoms with van der Waals surface area (Å²) < 4.78 is 1.21. The van der Waals surface area contributed by atoms with E-state index in [1.54, 1.807) is 24.3 Å². The summed E-state index contributed by atoms with van der Waals surface area (Å²) in [5.74, 6) is 0.224. The van der Waals surface area contributed by atoms with Crippen LogP contribution in [-0.2, 0) is 11.3 Å². The summed E-state index contributed by atoms with van der Waals surface area (Å²) in [5.41, 5.74) is -0.352. The number of para-hydroxylation sites is 2. The Labute approximate surface area is 121 Å². The summed E-state index contributed by atoms with van der Waals surface area (Å²) in [6.45, 7) is 4.55. The van der Waals surface area contributed by atoms with Crippen molar-refractivity contribution >= 4 is 16.9 Å². The number of nitrogens with zero attached hydrogens (tertiary/aromatic N) is 1. The molecule has 0 saturated heterocycles. The Bertz CT molecular complexity index is 759. The normalized spacial score (nSPS) is 11.0. The predicted octanol–water partition coefficient (Wildman–Crippen LogP) is 0.852. The average molecular weight is 289 g/mol. The molecule has 2 aromatic rings. The number of fused-ring (bicyclic) bond motifs is 1. The van der Waals surface area contributed by atoms with Crippen LogP contribution in [0.15, 0.2) is 33.9 Å². The second-order valence-electron chi connectivity index (χ2n) is 5.40. The first-order valence-electron chi connectivity index (χ1n) is 6.97. The number of nitrogens with one attached hydrogen (secondary N) is 2. The lowest BCUT2D eigenvalue weighted by Crippen LogP contribution is -2.40. The van der Waals surface area contributed by atoms with Crippen LogP contribution in [0.25, 0.3) is 11.0 Å². The fraction of sp³-hybridized carbons (Fsp3) is 0.400. The lowest BCUT2D eigenvalue weighted by atomic mass is 10.1. The highest BCUT2D eigenvalue weighted by molar-refractivity contribution is 5.79. The highest BCUT2D eigenvalue weighted by atomic mass is 16.2. The van der Waals surface area contributed by atoms with Crippen molar-refractivity contribution in [2.45, 2.75) is 26.8 Å². The van der Waals surface area contributed by atoms with Gasteiger partial charge in [-0.05, 0) is 24.5 Å². The van der Waals surface area contributed by atoms with E-state index in [2.05, 4.69) is 24.1 Å². The van der Waals surface area contributed by atoms with Gasteiger partial charge in [0.1, 0.15) is 6.54 Å². The summed E-state index contributed by atoms with van der Waals surface area (Å²) >= 11 is 0. The Balaban J connectivity index is 2.25. The molecule has 0 bridgehead atoms. The molecule has 0 aliphatic carbocycles. The van der Waals surface area contributed by atoms with Crippen molar-refractivity contribution in [3.8, 4) is 0 Å². The molecule has 0 radical (unpaired) electrons. The first kappa shape index (κ1) is 15.0. The molecule has 2 N–H and O–H groups in total. The fourth-order valence-corrected chi connectivity index (χ4v) is 2.08. The number of rotatable bonds is 5. The van der Waals surface area contributed by atoms with Gasteiger partial charge in [0.05, 0.1) is 11.0 Å². The minimum atomic E-state index is -0.719. The van der Waals surface area contributed by atoms with Crippen LogP contribution >= 0.6 is 0 Å². The van der Waals surface area contributed by atoms with Gasteiger partial charge in [-0.2, -0.15) is 0 Å². The fourth-order valence-electron chi connectivity index (χ4n) is 2.08. The number of aromatic nitrogens is 2. The highest BCUT2D eigenvalue weighted by Crippen LogP contribution is 2.06. The third-order valence-corrected chi connectivity index (χ3v) is 3.23. The van der Waals surface area contributed by atoms with E-state index in [1.807, 2.05) is 0 Å². The molecule has 1 aromatic carbocycles. The van der Waals surface area contributed by atoms with Crippen LogP contribution in [-0.4, -0.2) is 22.0 Å². The van der Waals surface area contributed by atoms with E-state index in [-0.39, 0.29) is 12.5 Å². The van der Waals surface area contributed by atoms with E-state index in [0.717, 1.165) is 6.42 Å². The van der Waals surface area contributed by atoms with E-state index in [0.29, 0.717) is 23.5 Å². The summed E-state index contributed by atoms with van der Waals surface area (Å²) in [5, 5.41) is 2.76. The van der Waals surface area contributed by atoms with E-state index in [4.69, 9.17) is 0 Å². The van der Waals surface area contributed by atoms with Gasteiger partial charge >= 0.3 is 11.1 Å². The van der Waals surface area contributed by atoms with E-state index in [1.165, 1.54) is 4.57 Å². The van der Waals surface area contributed by atoms with Gasteiger partial charge in [0.15, 0.2) is 0 Å². The summed E-state index contributed by atoms with van der Waals surface area (Å²) in [6, 6.07) is 6.92. The number of H-pyrrole nitrogens is 1. The second-order valence-corrected chi connectivity index (χ2v) is 5.40. The lowest BCUT2D eigenvalue weighted by molar-refractivity contribution is -0.121. The molecular formula is C15H19N3O3. The van der Waals surface area contributed by atoms with Crippen molar-refractivity contribution in [2.24, 2.45) is 5.92 Å². The van der Waals surface area contributed by atoms with Crippen LogP contribution in [0.3, 0.4) is 0 Å². The van der Waals surface area contributed by atoms with Crippen molar-refractivity contribution < 1.29 is 4.79 Å². The molecule has 0 atom stereocenters. The number of hydrogen-bond acceptors (Lipinski definition) is 3. The van der Waals surface area contributed by atoms with Crippen molar-refractivity contribution in [3.63, 3.8) is 0 Å². The van der Waals surface area contributed by atoms with Gasteiger partial charge in [0.2, 0.25) is 5.91 Å². The molecule has 0 spiro atoms. The number of hydrogen-bond donors (Lipinski definition) is 2. The maximum absolute atomic E-state index is 11.9. The van der Waals surface area contributed by atoms with Crippen LogP contribution in [0.5, 0.6) is 0 Å². The van der Waals surface area contributed by atoms with Gasteiger partial charge in [-0.3, -0.25) is 19.0 Å². The largest absolute Gasteiger partial charge is 0.355 e. The SMILES string of the molecule is CC(C)CCNC(=O)Cn1c(=O)c(=O)[nH]c2ccccc21. The minimum absolute atomic E-state index is 0.151. The monoisotopic (exact) mass is 289 g/mol. The lowest BCUT2D eigenvalue weighted by Gasteiger charge is -2.10. The molecule has 0 fully saturated rings. The molecule has 0 aliphatic rings. The average Bonchev–Trinajstić information content (AvgIpc) is 2.43. The van der Waals surface area contributed by atoms with E-state index < -0.39 is 11.1 Å². The smallest absolute Gasteiger partial charge is 0.317 e. The zero-order valence-electron chi connectivity index (χ0n) is 12.2. The molecule has 6 heteroatoms. The molecule has 1 heterocycles. The van der Waals surface area contributed by atoms with E-state index in [9.17, 15) is 14.4 Å². The van der Waals surface area contributed by atoms with Crippen LogP contribution in [0, 0.1) is 5.92 Å². The third kappa shape index (κ3) is 3.59. The Hall–Kier alpha value is -2.37. The van der Waals surface area contributed by atoms with Crippen LogP contribution < -0.4 is 16.4 Å². The minimum Gasteiger partial charge on any atom is -0.355 e. The number of carbonyl (C=O) groups is 1. The number of amides is 1. The standard InChI is InChI=1S/C15H19N3O3/c1-10(2)7-8-16-13(19)9-18-12-6-4-3-5-11(12)17-14(20)15(18)21/h3-6,10H,7-9H2,1-2H3,(H,16,19)(H,17,20). The van der Waals surface area contributed by atoms with Gasteiger partial charge in [0, 0.05) is 6.54 Å². The molecular weight excluding hydrogens is 270 g/mol. The summed E-state index contributed by atoms with van der Waals surface area (Å²) in [7, 11) is 0. The Kier molecular flexibility index (Phi) is 4.57.